The lowest BCUT2D eigenvalue weighted by Gasteiger charge is -2.43. The molecule has 1 rings (SSSR count). The molecule has 0 amide bonds. The Bertz CT molecular complexity index is 537. The van der Waals surface area contributed by atoms with Gasteiger partial charge in [-0.05, 0) is 0 Å². The lowest BCUT2D eigenvalue weighted by atomic mass is 9.97. The molecule has 0 aromatic heterocycles. The van der Waals surface area contributed by atoms with Gasteiger partial charge in [-0.3, -0.25) is 14.4 Å². The topological polar surface area (TPSA) is 150 Å². The first-order valence-corrected chi connectivity index (χ1v) is 7.77. The Hall–Kier alpha value is -2.24. The van der Waals surface area contributed by atoms with Gasteiger partial charge in [-0.25, -0.2) is 4.79 Å². The van der Waals surface area contributed by atoms with Crippen molar-refractivity contribution in [2.75, 3.05) is 20.3 Å². The van der Waals surface area contributed by atoms with E-state index in [0.29, 0.717) is 0 Å². The van der Waals surface area contributed by atoms with Crippen LogP contribution in [0, 0.1) is 0 Å². The van der Waals surface area contributed by atoms with E-state index in [2.05, 4.69) is 4.74 Å². The van der Waals surface area contributed by atoms with Crippen LogP contribution in [0.25, 0.3) is 0 Å². The zero-order valence-electron chi connectivity index (χ0n) is 15.0. The molecule has 148 valence electrons. The highest BCUT2D eigenvalue weighted by Gasteiger charge is 2.55. The summed E-state index contributed by atoms with van der Waals surface area (Å²) in [6.45, 7) is 3.44. The maximum Gasteiger partial charge on any atom is 0.339 e. The number of nitrogens with two attached hydrogens (primary N) is 1. The molecular weight excluding hydrogens is 354 g/mol. The van der Waals surface area contributed by atoms with Gasteiger partial charge >= 0.3 is 23.9 Å². The minimum atomic E-state index is -1.47. The summed E-state index contributed by atoms with van der Waals surface area (Å²) in [5.41, 5.74) is 5.39. The van der Waals surface area contributed by atoms with Gasteiger partial charge in [-0.15, -0.1) is 0 Å². The fraction of sp³-hybridized carbons (Fsp3) is 0.733. The molecule has 1 heterocycles. The summed E-state index contributed by atoms with van der Waals surface area (Å²) in [7, 11) is 1.10. The number of hydrogen-bond donors (Lipinski definition) is 1. The van der Waals surface area contributed by atoms with Gasteiger partial charge in [0.25, 0.3) is 0 Å². The molecule has 0 spiro atoms. The van der Waals surface area contributed by atoms with Crippen LogP contribution in [-0.4, -0.2) is 74.8 Å². The summed E-state index contributed by atoms with van der Waals surface area (Å²) in [5.74, 6) is -3.15. The number of rotatable bonds is 7. The minimum Gasteiger partial charge on any atom is -0.467 e. The zero-order chi connectivity index (χ0) is 19.9. The Balaban J connectivity index is 3.30. The van der Waals surface area contributed by atoms with E-state index < -0.39 is 54.6 Å². The van der Waals surface area contributed by atoms with E-state index in [-0.39, 0.29) is 13.2 Å². The molecule has 1 fully saturated rings. The first kappa shape index (κ1) is 21.8. The third-order valence-corrected chi connectivity index (χ3v) is 3.23. The van der Waals surface area contributed by atoms with Gasteiger partial charge in [0.15, 0.2) is 30.7 Å². The Kier molecular flexibility index (Phi) is 8.42. The van der Waals surface area contributed by atoms with Gasteiger partial charge in [0.1, 0.15) is 0 Å². The van der Waals surface area contributed by atoms with E-state index in [1.54, 1.807) is 0 Å². The molecule has 0 unspecified atom stereocenters. The minimum absolute atomic E-state index is 0.00134. The van der Waals surface area contributed by atoms with Crippen molar-refractivity contribution in [1.29, 1.82) is 0 Å². The van der Waals surface area contributed by atoms with Crippen molar-refractivity contribution in [1.82, 2.24) is 0 Å². The van der Waals surface area contributed by atoms with E-state index in [0.717, 1.165) is 27.9 Å². The Morgan fingerprint density at radius 3 is 1.85 bits per heavy atom. The summed E-state index contributed by atoms with van der Waals surface area (Å²) in [4.78, 5) is 46.5. The van der Waals surface area contributed by atoms with Crippen molar-refractivity contribution >= 4 is 23.9 Å². The maximum absolute atomic E-state index is 12.1. The molecule has 5 atom stereocenters. The zero-order valence-corrected chi connectivity index (χ0v) is 15.0. The van der Waals surface area contributed by atoms with Crippen molar-refractivity contribution in [3.8, 4) is 0 Å². The van der Waals surface area contributed by atoms with Gasteiger partial charge in [0, 0.05) is 27.3 Å². The second-order valence-corrected chi connectivity index (χ2v) is 5.33. The van der Waals surface area contributed by atoms with Gasteiger partial charge in [0.2, 0.25) is 0 Å². The lowest BCUT2D eigenvalue weighted by Crippen LogP contribution is -2.64. The third kappa shape index (κ3) is 5.93. The Labute approximate surface area is 150 Å². The standard InChI is InChI=1S/C15H23NO10/c1-7(17)23-10-11(24-8(2)18)13(25-9(3)19)15(22-6-5-16)26-12(10)14(20)21-4/h10-13,15H,5-6,16H2,1-4H3/t10-,11-,12-,13+,15+/m0/s1. The summed E-state index contributed by atoms with van der Waals surface area (Å²) >= 11 is 0. The van der Waals surface area contributed by atoms with Crippen LogP contribution >= 0.6 is 0 Å². The first-order valence-electron chi connectivity index (χ1n) is 7.77. The van der Waals surface area contributed by atoms with Crippen molar-refractivity contribution in [3.63, 3.8) is 0 Å². The van der Waals surface area contributed by atoms with Gasteiger partial charge in [-0.2, -0.15) is 0 Å². The highest BCUT2D eigenvalue weighted by Crippen LogP contribution is 2.30. The average molecular weight is 377 g/mol. The van der Waals surface area contributed by atoms with Crippen LogP contribution < -0.4 is 5.73 Å². The molecular formula is C15H23NO10. The molecule has 0 aromatic carbocycles. The molecule has 11 heteroatoms. The number of methoxy groups -OCH3 is 1. The predicted molar refractivity (Wildman–Crippen MR) is 82.3 cm³/mol. The monoisotopic (exact) mass is 377 g/mol. The maximum atomic E-state index is 12.1. The van der Waals surface area contributed by atoms with Crippen LogP contribution in [0.3, 0.4) is 0 Å². The van der Waals surface area contributed by atoms with Crippen LogP contribution in [0.4, 0.5) is 0 Å². The van der Waals surface area contributed by atoms with Gasteiger partial charge in [0.05, 0.1) is 13.7 Å². The molecule has 0 radical (unpaired) electrons. The van der Waals surface area contributed by atoms with E-state index in [9.17, 15) is 19.2 Å². The second kappa shape index (κ2) is 10.0. The number of carbonyl (C=O) groups excluding carboxylic acids is 4. The summed E-state index contributed by atoms with van der Waals surface area (Å²) in [6, 6.07) is 0. The van der Waals surface area contributed by atoms with Crippen molar-refractivity contribution < 1.29 is 47.6 Å². The normalized spacial score (nSPS) is 28.0. The van der Waals surface area contributed by atoms with Crippen LogP contribution in [-0.2, 0) is 47.6 Å². The van der Waals surface area contributed by atoms with Crippen LogP contribution in [0.5, 0.6) is 0 Å². The van der Waals surface area contributed by atoms with E-state index >= 15 is 0 Å². The van der Waals surface area contributed by atoms with E-state index in [1.807, 2.05) is 0 Å². The molecule has 26 heavy (non-hydrogen) atoms. The van der Waals surface area contributed by atoms with Gasteiger partial charge < -0.3 is 34.2 Å². The van der Waals surface area contributed by atoms with Crippen molar-refractivity contribution in [2.45, 2.75) is 51.5 Å². The SMILES string of the molecule is COC(=O)[C@H]1O[C@@H](OCCN)[C@H](OC(C)=O)[C@@H](OC(C)=O)[C@@H]1OC(C)=O. The molecule has 1 aliphatic heterocycles. The lowest BCUT2D eigenvalue weighted by molar-refractivity contribution is -0.301. The van der Waals surface area contributed by atoms with Crippen molar-refractivity contribution in [3.05, 3.63) is 0 Å². The average Bonchev–Trinajstić information content (AvgIpc) is 2.55. The molecule has 11 nitrogen and oxygen atoms in total. The Morgan fingerprint density at radius 2 is 1.38 bits per heavy atom. The van der Waals surface area contributed by atoms with Crippen molar-refractivity contribution in [2.24, 2.45) is 5.73 Å². The smallest absolute Gasteiger partial charge is 0.339 e. The van der Waals surface area contributed by atoms with Crippen LogP contribution in [0.1, 0.15) is 20.8 Å². The Morgan fingerprint density at radius 1 is 0.885 bits per heavy atom. The number of carbonyl (C=O) groups is 4. The molecule has 0 saturated carbocycles. The van der Waals surface area contributed by atoms with Gasteiger partial charge in [-0.1, -0.05) is 0 Å². The largest absolute Gasteiger partial charge is 0.467 e. The van der Waals surface area contributed by atoms with Crippen LogP contribution in [0.2, 0.25) is 0 Å². The second-order valence-electron chi connectivity index (χ2n) is 5.33. The molecule has 0 bridgehead atoms. The molecule has 1 aliphatic rings. The highest BCUT2D eigenvalue weighted by molar-refractivity contribution is 5.77. The first-order chi connectivity index (χ1) is 12.2. The predicted octanol–water partition coefficient (Wildman–Crippen LogP) is -1.35. The quantitative estimate of drug-likeness (QED) is 0.414. The summed E-state index contributed by atoms with van der Waals surface area (Å²) in [5, 5.41) is 0. The molecule has 0 aliphatic carbocycles. The summed E-state index contributed by atoms with van der Waals surface area (Å²) in [6.07, 6.45) is -6.84. The van der Waals surface area contributed by atoms with E-state index in [4.69, 9.17) is 29.4 Å². The highest BCUT2D eigenvalue weighted by atomic mass is 16.7. The van der Waals surface area contributed by atoms with E-state index in [1.165, 1.54) is 0 Å². The molecule has 2 N–H and O–H groups in total. The number of hydrogen-bond acceptors (Lipinski definition) is 11. The fourth-order valence-corrected chi connectivity index (χ4v) is 2.40. The molecule has 0 aromatic rings. The third-order valence-electron chi connectivity index (χ3n) is 3.23. The number of ether oxygens (including phenoxy) is 6. The number of esters is 4. The molecule has 1 saturated heterocycles. The fourth-order valence-electron chi connectivity index (χ4n) is 2.40. The summed E-state index contributed by atoms with van der Waals surface area (Å²) < 4.78 is 30.9. The van der Waals surface area contributed by atoms with Crippen LogP contribution in [0.15, 0.2) is 0 Å².